The summed E-state index contributed by atoms with van der Waals surface area (Å²) in [4.78, 5) is 28.8. The number of nitrogens with one attached hydrogen (secondary N) is 1. The van der Waals surface area contributed by atoms with Crippen LogP contribution in [0.25, 0.3) is 0 Å². The highest BCUT2D eigenvalue weighted by Crippen LogP contribution is 2.17. The van der Waals surface area contributed by atoms with Gasteiger partial charge in [0.1, 0.15) is 5.69 Å². The average molecular weight is 269 g/mol. The highest BCUT2D eigenvalue weighted by Gasteiger charge is 2.19. The molecule has 0 unspecified atom stereocenters. The Morgan fingerprint density at radius 3 is 2.78 bits per heavy atom. The Balaban J connectivity index is 2.71. The van der Waals surface area contributed by atoms with E-state index >= 15 is 0 Å². The maximum atomic E-state index is 12.1. The van der Waals surface area contributed by atoms with Gasteiger partial charge in [-0.15, -0.1) is 11.3 Å². The van der Waals surface area contributed by atoms with Crippen LogP contribution in [0.2, 0.25) is 0 Å². The van der Waals surface area contributed by atoms with Crippen LogP contribution in [-0.4, -0.2) is 34.8 Å². The molecular formula is C12H19N3O2S. The molecule has 1 aromatic rings. The van der Waals surface area contributed by atoms with Gasteiger partial charge >= 0.3 is 0 Å². The number of amides is 2. The molecule has 1 rings (SSSR count). The van der Waals surface area contributed by atoms with Gasteiger partial charge in [0.15, 0.2) is 5.13 Å². The van der Waals surface area contributed by atoms with Gasteiger partial charge < -0.3 is 10.2 Å². The molecule has 0 saturated carbocycles. The zero-order valence-corrected chi connectivity index (χ0v) is 12.0. The standard InChI is InChI=1S/C12H19N3O2S/c1-5-6-8(2)15(4)11(17)10-7-18-12(14-10)13-9(3)16/h7-8H,5-6H2,1-4H3,(H,13,14,16)/t8-/m0/s1. The third-order valence-corrected chi connectivity index (χ3v) is 3.45. The molecule has 0 fully saturated rings. The second kappa shape index (κ2) is 6.49. The number of anilines is 1. The first-order chi connectivity index (χ1) is 8.45. The Morgan fingerprint density at radius 1 is 1.56 bits per heavy atom. The summed E-state index contributed by atoms with van der Waals surface area (Å²) < 4.78 is 0. The normalized spacial score (nSPS) is 12.0. The van der Waals surface area contributed by atoms with Gasteiger partial charge in [-0.25, -0.2) is 4.98 Å². The predicted molar refractivity (Wildman–Crippen MR) is 72.9 cm³/mol. The Kier molecular flexibility index (Phi) is 5.27. The summed E-state index contributed by atoms with van der Waals surface area (Å²) in [5.41, 5.74) is 0.384. The zero-order chi connectivity index (χ0) is 13.7. The lowest BCUT2D eigenvalue weighted by Crippen LogP contribution is -2.35. The number of hydrogen-bond donors (Lipinski definition) is 1. The van der Waals surface area contributed by atoms with Gasteiger partial charge in [-0.1, -0.05) is 13.3 Å². The summed E-state index contributed by atoms with van der Waals surface area (Å²) in [6.07, 6.45) is 2.00. The summed E-state index contributed by atoms with van der Waals surface area (Å²) in [6.45, 7) is 5.52. The maximum absolute atomic E-state index is 12.1. The lowest BCUT2D eigenvalue weighted by molar-refractivity contribution is -0.114. The van der Waals surface area contributed by atoms with E-state index in [1.165, 1.54) is 18.3 Å². The van der Waals surface area contributed by atoms with Crippen molar-refractivity contribution in [2.24, 2.45) is 0 Å². The van der Waals surface area contributed by atoms with E-state index in [9.17, 15) is 9.59 Å². The van der Waals surface area contributed by atoms with Gasteiger partial charge in [0, 0.05) is 25.4 Å². The molecule has 0 spiro atoms. The van der Waals surface area contributed by atoms with Crippen LogP contribution in [-0.2, 0) is 4.79 Å². The molecule has 0 aliphatic heterocycles. The van der Waals surface area contributed by atoms with Crippen LogP contribution in [0, 0.1) is 0 Å². The first-order valence-electron chi connectivity index (χ1n) is 5.96. The zero-order valence-electron chi connectivity index (χ0n) is 11.2. The van der Waals surface area contributed by atoms with Crippen LogP contribution in [0.15, 0.2) is 5.38 Å². The lowest BCUT2D eigenvalue weighted by atomic mass is 10.1. The minimum atomic E-state index is -0.184. The van der Waals surface area contributed by atoms with Crippen molar-refractivity contribution in [3.05, 3.63) is 11.1 Å². The summed E-state index contributed by atoms with van der Waals surface area (Å²) in [5.74, 6) is -0.292. The molecule has 0 saturated heterocycles. The second-order valence-electron chi connectivity index (χ2n) is 4.27. The number of carbonyl (C=O) groups is 2. The molecule has 2 amide bonds. The Morgan fingerprint density at radius 2 is 2.22 bits per heavy atom. The largest absolute Gasteiger partial charge is 0.338 e. The molecule has 18 heavy (non-hydrogen) atoms. The summed E-state index contributed by atoms with van der Waals surface area (Å²) >= 11 is 1.26. The number of rotatable bonds is 5. The summed E-state index contributed by atoms with van der Waals surface area (Å²) in [5, 5.41) is 4.70. The van der Waals surface area contributed by atoms with Crippen molar-refractivity contribution in [3.8, 4) is 0 Å². The fourth-order valence-electron chi connectivity index (χ4n) is 1.57. The Hall–Kier alpha value is -1.43. The van der Waals surface area contributed by atoms with Crippen LogP contribution in [0.4, 0.5) is 5.13 Å². The predicted octanol–water partition coefficient (Wildman–Crippen LogP) is 2.36. The smallest absolute Gasteiger partial charge is 0.273 e. The average Bonchev–Trinajstić information content (AvgIpc) is 2.75. The SMILES string of the molecule is CCC[C@H](C)N(C)C(=O)c1csc(NC(C)=O)n1. The molecule has 1 atom stereocenters. The van der Waals surface area contributed by atoms with Crippen molar-refractivity contribution < 1.29 is 9.59 Å². The van der Waals surface area contributed by atoms with Crippen molar-refractivity contribution in [1.29, 1.82) is 0 Å². The van der Waals surface area contributed by atoms with E-state index in [1.807, 2.05) is 6.92 Å². The van der Waals surface area contributed by atoms with Gasteiger partial charge in [0.2, 0.25) is 5.91 Å². The van der Waals surface area contributed by atoms with E-state index in [2.05, 4.69) is 17.2 Å². The molecule has 5 nitrogen and oxygen atoms in total. The van der Waals surface area contributed by atoms with Gasteiger partial charge in [-0.05, 0) is 13.3 Å². The van der Waals surface area contributed by atoms with Crippen LogP contribution in [0.1, 0.15) is 44.1 Å². The molecule has 0 aromatic carbocycles. The molecule has 0 aliphatic carbocycles. The van der Waals surface area contributed by atoms with E-state index in [0.717, 1.165) is 12.8 Å². The number of hydrogen-bond acceptors (Lipinski definition) is 4. The van der Waals surface area contributed by atoms with Gasteiger partial charge in [0.25, 0.3) is 5.91 Å². The molecule has 1 aromatic heterocycles. The second-order valence-corrected chi connectivity index (χ2v) is 5.13. The Bertz CT molecular complexity index is 431. The topological polar surface area (TPSA) is 62.3 Å². The maximum Gasteiger partial charge on any atom is 0.273 e. The Labute approximate surface area is 111 Å². The van der Waals surface area contributed by atoms with Gasteiger partial charge in [-0.2, -0.15) is 0 Å². The summed E-state index contributed by atoms with van der Waals surface area (Å²) in [6, 6.07) is 0.188. The van der Waals surface area contributed by atoms with E-state index in [0.29, 0.717) is 10.8 Å². The quantitative estimate of drug-likeness (QED) is 0.892. The molecule has 0 aliphatic rings. The number of aromatic nitrogens is 1. The number of carbonyl (C=O) groups excluding carboxylic acids is 2. The molecule has 0 bridgehead atoms. The summed E-state index contributed by atoms with van der Waals surface area (Å²) in [7, 11) is 1.78. The van der Waals surface area contributed by atoms with Gasteiger partial charge in [-0.3, -0.25) is 9.59 Å². The van der Waals surface area contributed by atoms with Crippen LogP contribution < -0.4 is 5.32 Å². The molecule has 0 radical (unpaired) electrons. The van der Waals surface area contributed by atoms with Crippen molar-refractivity contribution in [2.75, 3.05) is 12.4 Å². The van der Waals surface area contributed by atoms with E-state index in [4.69, 9.17) is 0 Å². The highest BCUT2D eigenvalue weighted by molar-refractivity contribution is 7.14. The number of thiazole rings is 1. The van der Waals surface area contributed by atoms with E-state index in [1.54, 1.807) is 17.3 Å². The molecule has 100 valence electrons. The first-order valence-corrected chi connectivity index (χ1v) is 6.84. The van der Waals surface area contributed by atoms with E-state index in [-0.39, 0.29) is 17.9 Å². The molecule has 1 N–H and O–H groups in total. The molecule has 6 heteroatoms. The number of nitrogens with zero attached hydrogens (tertiary/aromatic N) is 2. The molecule has 1 heterocycles. The van der Waals surface area contributed by atoms with Gasteiger partial charge in [0.05, 0.1) is 0 Å². The van der Waals surface area contributed by atoms with E-state index < -0.39 is 0 Å². The third kappa shape index (κ3) is 3.80. The molecular weight excluding hydrogens is 250 g/mol. The van der Waals surface area contributed by atoms with Crippen LogP contribution >= 0.6 is 11.3 Å². The third-order valence-electron chi connectivity index (χ3n) is 2.69. The fourth-order valence-corrected chi connectivity index (χ4v) is 2.30. The van der Waals surface area contributed by atoms with Crippen molar-refractivity contribution in [2.45, 2.75) is 39.7 Å². The first kappa shape index (κ1) is 14.6. The van der Waals surface area contributed by atoms with Crippen LogP contribution in [0.3, 0.4) is 0 Å². The van der Waals surface area contributed by atoms with Crippen molar-refractivity contribution in [3.63, 3.8) is 0 Å². The highest BCUT2D eigenvalue weighted by atomic mass is 32.1. The van der Waals surface area contributed by atoms with Crippen molar-refractivity contribution >= 4 is 28.3 Å². The lowest BCUT2D eigenvalue weighted by Gasteiger charge is -2.23. The minimum absolute atomic E-state index is 0.108. The monoisotopic (exact) mass is 269 g/mol. The fraction of sp³-hybridized carbons (Fsp3) is 0.583. The van der Waals surface area contributed by atoms with Crippen LogP contribution in [0.5, 0.6) is 0 Å². The minimum Gasteiger partial charge on any atom is -0.338 e. The van der Waals surface area contributed by atoms with Crippen molar-refractivity contribution in [1.82, 2.24) is 9.88 Å².